The Morgan fingerprint density at radius 2 is 1.91 bits per heavy atom. The summed E-state index contributed by atoms with van der Waals surface area (Å²) in [5, 5.41) is 3.69. The number of hydrogen-bond acceptors (Lipinski definition) is 5. The van der Waals surface area contributed by atoms with Crippen LogP contribution < -0.4 is 20.3 Å². The Kier molecular flexibility index (Phi) is 7.44. The van der Waals surface area contributed by atoms with Gasteiger partial charge in [-0.25, -0.2) is 0 Å². The topological polar surface area (TPSA) is 85.4 Å². The predicted octanol–water partition coefficient (Wildman–Crippen LogP) is 4.66. The second-order valence-electron chi connectivity index (χ2n) is 8.29. The molecule has 1 amide bonds. The lowest BCUT2D eigenvalue weighted by Gasteiger charge is -2.16. The number of unbranched alkanes of at least 4 members (excludes halogenated alkanes) is 2. The van der Waals surface area contributed by atoms with E-state index in [9.17, 15) is 9.59 Å². The first-order chi connectivity index (χ1) is 16.0. The van der Waals surface area contributed by atoms with Crippen LogP contribution in [0.4, 0.5) is 0 Å². The number of para-hydroxylation sites is 1. The van der Waals surface area contributed by atoms with Crippen LogP contribution >= 0.6 is 12.2 Å². The Bertz CT molecular complexity index is 1250. The molecule has 4 rings (SSSR count). The highest BCUT2D eigenvalue weighted by Gasteiger charge is 2.15. The van der Waals surface area contributed by atoms with Crippen molar-refractivity contribution in [2.75, 3.05) is 13.2 Å². The molecule has 2 heterocycles. The summed E-state index contributed by atoms with van der Waals surface area (Å²) in [5.74, 6) is 1.49. The zero-order valence-electron chi connectivity index (χ0n) is 18.8. The maximum absolute atomic E-state index is 12.7. The first-order valence-corrected chi connectivity index (χ1v) is 11.8. The van der Waals surface area contributed by atoms with Gasteiger partial charge in [-0.3, -0.25) is 14.2 Å². The minimum Gasteiger partial charge on any atom is -0.490 e. The largest absolute Gasteiger partial charge is 0.490 e. The minimum atomic E-state index is -0.121. The molecule has 2 aromatic carbocycles. The molecule has 0 bridgehead atoms. The average Bonchev–Trinajstić information content (AvgIpc) is 3.05. The molecule has 8 heteroatoms. The summed E-state index contributed by atoms with van der Waals surface area (Å²) in [7, 11) is 0. The summed E-state index contributed by atoms with van der Waals surface area (Å²) in [6.45, 7) is 3.78. The van der Waals surface area contributed by atoms with Crippen LogP contribution in [-0.4, -0.2) is 28.7 Å². The molecular weight excluding hydrogens is 438 g/mol. The molecule has 33 heavy (non-hydrogen) atoms. The third-order valence-electron chi connectivity index (χ3n) is 5.82. The summed E-state index contributed by atoms with van der Waals surface area (Å²) in [4.78, 5) is 28.2. The number of hydrogen-bond donors (Lipinski definition) is 2. The van der Waals surface area contributed by atoms with Crippen molar-refractivity contribution in [3.05, 3.63) is 63.2 Å². The van der Waals surface area contributed by atoms with Gasteiger partial charge in [0, 0.05) is 19.4 Å². The van der Waals surface area contributed by atoms with Gasteiger partial charge in [0.15, 0.2) is 16.3 Å². The number of benzene rings is 2. The Labute approximate surface area is 197 Å². The fourth-order valence-corrected chi connectivity index (χ4v) is 4.26. The molecular formula is C25H29N3O4S. The quantitative estimate of drug-likeness (QED) is 0.372. The molecule has 0 fully saturated rings. The Morgan fingerprint density at radius 3 is 2.76 bits per heavy atom. The van der Waals surface area contributed by atoms with Crippen molar-refractivity contribution < 1.29 is 14.3 Å². The predicted molar refractivity (Wildman–Crippen MR) is 130 cm³/mol. The van der Waals surface area contributed by atoms with Gasteiger partial charge in [-0.05, 0) is 61.8 Å². The first-order valence-electron chi connectivity index (χ1n) is 11.4. The number of carbonyl (C=O) groups excluding carboxylic acids is 1. The van der Waals surface area contributed by atoms with E-state index >= 15 is 0 Å². The standard InChI is InChI=1S/C25H29N3O4S/c1-17(18-11-12-21-22(16-18)32-15-7-14-31-21)26-23(29)10-3-2-6-13-28-24(30)19-8-4-5-9-20(19)27-25(28)33/h4-5,8-9,11-12,16-17H,2-3,6-7,10,13-15H2,1H3,(H,26,29)(H,27,33)/t17-/m0/s1. The summed E-state index contributed by atoms with van der Waals surface area (Å²) in [6, 6.07) is 13.0. The fraction of sp³-hybridized carbons (Fsp3) is 0.400. The summed E-state index contributed by atoms with van der Waals surface area (Å²) < 4.78 is 13.4. The highest BCUT2D eigenvalue weighted by Crippen LogP contribution is 2.32. The van der Waals surface area contributed by atoms with E-state index in [4.69, 9.17) is 21.7 Å². The minimum absolute atomic E-state index is 0.00905. The molecule has 0 spiro atoms. The van der Waals surface area contributed by atoms with E-state index in [0.29, 0.717) is 36.3 Å². The number of rotatable bonds is 8. The highest BCUT2D eigenvalue weighted by molar-refractivity contribution is 7.71. The number of amides is 1. The smallest absolute Gasteiger partial charge is 0.262 e. The molecule has 0 saturated heterocycles. The van der Waals surface area contributed by atoms with E-state index in [0.717, 1.165) is 48.3 Å². The maximum atomic E-state index is 12.7. The zero-order valence-corrected chi connectivity index (χ0v) is 19.6. The number of carbonyl (C=O) groups is 1. The number of nitrogens with zero attached hydrogens (tertiary/aromatic N) is 1. The van der Waals surface area contributed by atoms with Crippen LogP contribution in [0.15, 0.2) is 47.3 Å². The molecule has 1 aromatic heterocycles. The van der Waals surface area contributed by atoms with Crippen molar-refractivity contribution in [1.29, 1.82) is 0 Å². The summed E-state index contributed by atoms with van der Waals surface area (Å²) in [5.41, 5.74) is 1.66. The number of H-pyrrole nitrogens is 1. The lowest BCUT2D eigenvalue weighted by atomic mass is 10.1. The van der Waals surface area contributed by atoms with Gasteiger partial charge in [-0.15, -0.1) is 0 Å². The van der Waals surface area contributed by atoms with Gasteiger partial charge in [0.05, 0.1) is 30.2 Å². The molecule has 0 aliphatic carbocycles. The second kappa shape index (κ2) is 10.7. The van der Waals surface area contributed by atoms with E-state index < -0.39 is 0 Å². The zero-order chi connectivity index (χ0) is 23.2. The van der Waals surface area contributed by atoms with Crippen LogP contribution in [0.3, 0.4) is 0 Å². The number of nitrogens with one attached hydrogen (secondary N) is 2. The van der Waals surface area contributed by atoms with Crippen LogP contribution in [0.5, 0.6) is 11.5 Å². The Morgan fingerprint density at radius 1 is 1.12 bits per heavy atom. The average molecular weight is 468 g/mol. The van der Waals surface area contributed by atoms with E-state index in [1.54, 1.807) is 10.6 Å². The van der Waals surface area contributed by atoms with Crippen molar-refractivity contribution >= 4 is 29.0 Å². The van der Waals surface area contributed by atoms with Gasteiger partial charge in [-0.2, -0.15) is 0 Å². The van der Waals surface area contributed by atoms with Gasteiger partial charge in [0.1, 0.15) is 0 Å². The fourth-order valence-electron chi connectivity index (χ4n) is 3.98. The number of ether oxygens (including phenoxy) is 2. The van der Waals surface area contributed by atoms with Crippen LogP contribution in [0.2, 0.25) is 0 Å². The molecule has 0 unspecified atom stereocenters. The summed E-state index contributed by atoms with van der Waals surface area (Å²) in [6.07, 6.45) is 3.66. The van der Waals surface area contributed by atoms with Crippen molar-refractivity contribution in [2.24, 2.45) is 0 Å². The molecule has 1 aliphatic heterocycles. The van der Waals surface area contributed by atoms with Crippen molar-refractivity contribution in [1.82, 2.24) is 14.9 Å². The van der Waals surface area contributed by atoms with E-state index in [1.807, 2.05) is 43.3 Å². The number of aromatic amines is 1. The molecule has 7 nitrogen and oxygen atoms in total. The lowest BCUT2D eigenvalue weighted by Crippen LogP contribution is -2.26. The highest BCUT2D eigenvalue weighted by atomic mass is 32.1. The van der Waals surface area contributed by atoms with Gasteiger partial charge in [0.2, 0.25) is 5.91 Å². The molecule has 0 saturated carbocycles. The molecule has 1 aliphatic rings. The SMILES string of the molecule is C[C@H](NC(=O)CCCCCn1c(=S)[nH]c2ccccc2c1=O)c1ccc2c(c1)OCCCO2. The lowest BCUT2D eigenvalue weighted by molar-refractivity contribution is -0.121. The normalized spacial score (nSPS) is 14.0. The monoisotopic (exact) mass is 467 g/mol. The Balaban J connectivity index is 1.24. The first kappa shape index (κ1) is 23.0. The molecule has 0 radical (unpaired) electrons. The van der Waals surface area contributed by atoms with Crippen molar-refractivity contribution in [3.63, 3.8) is 0 Å². The third-order valence-corrected chi connectivity index (χ3v) is 6.15. The van der Waals surface area contributed by atoms with E-state index in [-0.39, 0.29) is 17.5 Å². The van der Waals surface area contributed by atoms with Crippen LogP contribution in [0.1, 0.15) is 50.6 Å². The molecule has 174 valence electrons. The number of aromatic nitrogens is 2. The van der Waals surface area contributed by atoms with Gasteiger partial charge < -0.3 is 19.8 Å². The Hall–Kier alpha value is -3.13. The number of fused-ring (bicyclic) bond motifs is 2. The van der Waals surface area contributed by atoms with Crippen molar-refractivity contribution in [2.45, 2.75) is 51.6 Å². The molecule has 1 atom stereocenters. The summed E-state index contributed by atoms with van der Waals surface area (Å²) >= 11 is 5.35. The molecule has 3 aromatic rings. The van der Waals surface area contributed by atoms with E-state index in [2.05, 4.69) is 10.3 Å². The second-order valence-corrected chi connectivity index (χ2v) is 8.68. The third kappa shape index (κ3) is 5.63. The van der Waals surface area contributed by atoms with Crippen molar-refractivity contribution in [3.8, 4) is 11.5 Å². The van der Waals surface area contributed by atoms with Crippen LogP contribution in [0, 0.1) is 4.77 Å². The van der Waals surface area contributed by atoms with Gasteiger partial charge >= 0.3 is 0 Å². The van der Waals surface area contributed by atoms with Crippen LogP contribution in [0.25, 0.3) is 10.9 Å². The molecule has 2 N–H and O–H groups in total. The van der Waals surface area contributed by atoms with Gasteiger partial charge in [0.25, 0.3) is 5.56 Å². The van der Waals surface area contributed by atoms with E-state index in [1.165, 1.54) is 0 Å². The maximum Gasteiger partial charge on any atom is 0.262 e. The van der Waals surface area contributed by atoms with Crippen LogP contribution in [-0.2, 0) is 11.3 Å². The van der Waals surface area contributed by atoms with Gasteiger partial charge in [-0.1, -0.05) is 24.6 Å².